The van der Waals surface area contributed by atoms with Gasteiger partial charge in [0, 0.05) is 5.92 Å². The molecule has 0 aliphatic carbocycles. The van der Waals surface area contributed by atoms with Crippen LogP contribution < -0.4 is 10.0 Å². The van der Waals surface area contributed by atoms with E-state index >= 15 is 0 Å². The third kappa shape index (κ3) is 4.55. The standard InChI is InChI=1S/C32H34N4O2/c1-5-26-29(31(37)35(33-26)24-13-9-7-10-14-24)28(23-19-17-22(18-20-23)21(3)4)30-27(6-2)34-36(32(30)38)25-15-11-8-12-16-25/h7-21,28-30H,5-6H2,1-4H3. The molecule has 2 heterocycles. The lowest BCUT2D eigenvalue weighted by Gasteiger charge is -2.29. The molecule has 194 valence electrons. The average Bonchev–Trinajstić information content (AvgIpc) is 3.46. The minimum atomic E-state index is -0.563. The van der Waals surface area contributed by atoms with Gasteiger partial charge in [0.2, 0.25) is 0 Å². The van der Waals surface area contributed by atoms with Crippen LogP contribution in [-0.4, -0.2) is 23.2 Å². The van der Waals surface area contributed by atoms with E-state index in [0.717, 1.165) is 28.4 Å². The summed E-state index contributed by atoms with van der Waals surface area (Å²) in [5, 5.41) is 12.6. The zero-order valence-electron chi connectivity index (χ0n) is 22.4. The van der Waals surface area contributed by atoms with Crippen molar-refractivity contribution >= 4 is 34.6 Å². The number of hydrazone groups is 2. The molecule has 2 aliphatic rings. The Bertz CT molecular complexity index is 1280. The summed E-state index contributed by atoms with van der Waals surface area (Å²) in [5.74, 6) is -1.37. The highest BCUT2D eigenvalue weighted by Gasteiger charge is 2.51. The molecule has 0 saturated heterocycles. The van der Waals surface area contributed by atoms with Crippen molar-refractivity contribution in [2.45, 2.75) is 52.4 Å². The van der Waals surface area contributed by atoms with Gasteiger partial charge in [-0.15, -0.1) is 0 Å². The van der Waals surface area contributed by atoms with E-state index in [1.165, 1.54) is 15.6 Å². The van der Waals surface area contributed by atoms with Crippen molar-refractivity contribution < 1.29 is 9.59 Å². The fourth-order valence-corrected chi connectivity index (χ4v) is 5.52. The highest BCUT2D eigenvalue weighted by Crippen LogP contribution is 2.43. The second-order valence-electron chi connectivity index (χ2n) is 10.2. The van der Waals surface area contributed by atoms with Crippen molar-refractivity contribution in [2.24, 2.45) is 22.0 Å². The lowest BCUT2D eigenvalue weighted by atomic mass is 9.71. The topological polar surface area (TPSA) is 65.3 Å². The van der Waals surface area contributed by atoms with E-state index < -0.39 is 17.8 Å². The van der Waals surface area contributed by atoms with E-state index in [0.29, 0.717) is 18.8 Å². The average molecular weight is 507 g/mol. The van der Waals surface area contributed by atoms with Crippen LogP contribution in [0.4, 0.5) is 11.4 Å². The van der Waals surface area contributed by atoms with E-state index in [1.54, 1.807) is 0 Å². The number of hydrogen-bond acceptors (Lipinski definition) is 4. The molecule has 3 aromatic rings. The maximum Gasteiger partial charge on any atom is 0.256 e. The second-order valence-corrected chi connectivity index (χ2v) is 10.2. The van der Waals surface area contributed by atoms with Gasteiger partial charge in [-0.05, 0) is 54.2 Å². The van der Waals surface area contributed by atoms with Crippen LogP contribution in [0.25, 0.3) is 0 Å². The number of rotatable bonds is 8. The van der Waals surface area contributed by atoms with E-state index in [4.69, 9.17) is 10.2 Å². The van der Waals surface area contributed by atoms with Crippen LogP contribution in [0, 0.1) is 11.8 Å². The van der Waals surface area contributed by atoms with Crippen molar-refractivity contribution in [3.63, 3.8) is 0 Å². The van der Waals surface area contributed by atoms with Crippen LogP contribution in [0.15, 0.2) is 95.1 Å². The Labute approximate surface area is 224 Å². The SMILES string of the molecule is CCC1=NN(c2ccccc2)C(=O)C1C(c1ccc(C(C)C)cc1)C1C(=O)N(c2ccccc2)N=C1CC. The van der Waals surface area contributed by atoms with Gasteiger partial charge in [0.25, 0.3) is 11.8 Å². The fraction of sp³-hybridized carbons (Fsp3) is 0.312. The molecule has 6 heteroatoms. The van der Waals surface area contributed by atoms with Gasteiger partial charge in [-0.2, -0.15) is 10.2 Å². The molecule has 5 rings (SSSR count). The zero-order chi connectivity index (χ0) is 26.8. The van der Waals surface area contributed by atoms with Gasteiger partial charge in [-0.1, -0.05) is 88.4 Å². The number of para-hydroxylation sites is 2. The number of nitrogens with zero attached hydrogens (tertiary/aromatic N) is 4. The first kappa shape index (κ1) is 25.6. The molecule has 2 unspecified atom stereocenters. The third-order valence-electron chi connectivity index (χ3n) is 7.56. The van der Waals surface area contributed by atoms with Crippen molar-refractivity contribution in [1.82, 2.24) is 0 Å². The summed E-state index contributed by atoms with van der Waals surface area (Å²) in [6.07, 6.45) is 1.23. The summed E-state index contributed by atoms with van der Waals surface area (Å²) in [4.78, 5) is 28.2. The predicted molar refractivity (Wildman–Crippen MR) is 154 cm³/mol. The molecule has 0 spiro atoms. The summed E-state index contributed by atoms with van der Waals surface area (Å²) in [5.41, 5.74) is 5.21. The molecule has 0 aromatic heterocycles. The molecule has 2 atom stereocenters. The molecule has 0 fully saturated rings. The molecule has 0 N–H and O–H groups in total. The Morgan fingerprint density at radius 2 is 1.03 bits per heavy atom. The molecule has 38 heavy (non-hydrogen) atoms. The van der Waals surface area contributed by atoms with Crippen LogP contribution in [-0.2, 0) is 9.59 Å². The summed E-state index contributed by atoms with van der Waals surface area (Å²) in [7, 11) is 0. The monoisotopic (exact) mass is 506 g/mol. The van der Waals surface area contributed by atoms with E-state index in [2.05, 4.69) is 38.1 Å². The first-order chi connectivity index (χ1) is 18.4. The van der Waals surface area contributed by atoms with Crippen LogP contribution in [0.5, 0.6) is 0 Å². The van der Waals surface area contributed by atoms with Gasteiger partial charge in [-0.3, -0.25) is 9.59 Å². The quantitative estimate of drug-likeness (QED) is 0.339. The predicted octanol–water partition coefficient (Wildman–Crippen LogP) is 6.75. The third-order valence-corrected chi connectivity index (χ3v) is 7.56. The van der Waals surface area contributed by atoms with Crippen LogP contribution in [0.1, 0.15) is 63.5 Å². The van der Waals surface area contributed by atoms with Crippen molar-refractivity contribution in [1.29, 1.82) is 0 Å². The lowest BCUT2D eigenvalue weighted by Crippen LogP contribution is -2.40. The lowest BCUT2D eigenvalue weighted by molar-refractivity contribution is -0.122. The zero-order valence-corrected chi connectivity index (χ0v) is 22.4. The van der Waals surface area contributed by atoms with E-state index in [9.17, 15) is 9.59 Å². The first-order valence-electron chi connectivity index (χ1n) is 13.5. The minimum Gasteiger partial charge on any atom is -0.272 e. The van der Waals surface area contributed by atoms with E-state index in [-0.39, 0.29) is 11.8 Å². The Balaban J connectivity index is 1.62. The highest BCUT2D eigenvalue weighted by atomic mass is 16.2. The largest absolute Gasteiger partial charge is 0.272 e. The molecular weight excluding hydrogens is 472 g/mol. The maximum atomic E-state index is 14.1. The van der Waals surface area contributed by atoms with Gasteiger partial charge >= 0.3 is 0 Å². The Morgan fingerprint density at radius 3 is 1.39 bits per heavy atom. The molecule has 2 aliphatic heterocycles. The number of carbonyl (C=O) groups excluding carboxylic acids is 2. The second kappa shape index (κ2) is 10.7. The highest BCUT2D eigenvalue weighted by molar-refractivity contribution is 6.20. The van der Waals surface area contributed by atoms with Gasteiger partial charge in [-0.25, -0.2) is 10.0 Å². The summed E-state index contributed by atoms with van der Waals surface area (Å²) in [6.45, 7) is 8.36. The van der Waals surface area contributed by atoms with Gasteiger partial charge in [0.15, 0.2) is 0 Å². The van der Waals surface area contributed by atoms with Gasteiger partial charge < -0.3 is 0 Å². The first-order valence-corrected chi connectivity index (χ1v) is 13.5. The van der Waals surface area contributed by atoms with Gasteiger partial charge in [0.1, 0.15) is 0 Å². The Kier molecular flexibility index (Phi) is 7.23. The molecular formula is C32H34N4O2. The van der Waals surface area contributed by atoms with E-state index in [1.807, 2.05) is 74.5 Å². The van der Waals surface area contributed by atoms with Gasteiger partial charge in [0.05, 0.1) is 34.6 Å². The van der Waals surface area contributed by atoms with Crippen LogP contribution >= 0.6 is 0 Å². The smallest absolute Gasteiger partial charge is 0.256 e. The molecule has 2 amide bonds. The number of amides is 2. The normalized spacial score (nSPS) is 20.2. The maximum absolute atomic E-state index is 14.1. The molecule has 6 nitrogen and oxygen atoms in total. The van der Waals surface area contributed by atoms with Crippen molar-refractivity contribution in [3.05, 3.63) is 96.1 Å². The van der Waals surface area contributed by atoms with Crippen LogP contribution in [0.3, 0.4) is 0 Å². The fourth-order valence-electron chi connectivity index (χ4n) is 5.52. The number of hydrogen-bond donors (Lipinski definition) is 0. The summed E-state index contributed by atoms with van der Waals surface area (Å²) in [6, 6.07) is 27.4. The minimum absolute atomic E-state index is 0.104. The number of carbonyl (C=O) groups is 2. The molecule has 0 radical (unpaired) electrons. The molecule has 3 aromatic carbocycles. The molecule has 0 bridgehead atoms. The Morgan fingerprint density at radius 1 is 0.632 bits per heavy atom. The molecule has 0 saturated carbocycles. The summed E-state index contributed by atoms with van der Waals surface area (Å²) >= 11 is 0. The number of anilines is 2. The van der Waals surface area contributed by atoms with Crippen LogP contribution in [0.2, 0.25) is 0 Å². The van der Waals surface area contributed by atoms with Crippen molar-refractivity contribution in [2.75, 3.05) is 10.0 Å². The Hall–Kier alpha value is -4.06. The van der Waals surface area contributed by atoms with Crippen molar-refractivity contribution in [3.8, 4) is 0 Å². The number of benzene rings is 3. The summed E-state index contributed by atoms with van der Waals surface area (Å²) < 4.78 is 0.